The highest BCUT2D eigenvalue weighted by Gasteiger charge is 1.74. The van der Waals surface area contributed by atoms with Crippen LogP contribution in [0.2, 0.25) is 0 Å². The normalized spacial score (nSPS) is 8.57. The first-order valence-corrected chi connectivity index (χ1v) is 4.55. The molecule has 1 aromatic rings. The van der Waals surface area contributed by atoms with Crippen LogP contribution in [-0.4, -0.2) is 4.21 Å². The molecule has 4 heteroatoms. The third-order valence-corrected chi connectivity index (χ3v) is 3.35. The second kappa shape index (κ2) is 2.40. The fraction of sp³-hybridized carbons (Fsp3) is 0. The third kappa shape index (κ3) is 1.22. The summed E-state index contributed by atoms with van der Waals surface area (Å²) in [5.41, 5.74) is 0. The molecule has 1 heterocycles. The van der Waals surface area contributed by atoms with Gasteiger partial charge in [0, 0.05) is 5.38 Å². The number of hydrogen-bond acceptors (Lipinski definition) is 3. The Morgan fingerprint density at radius 1 is 1.71 bits per heavy atom. The molecule has 0 aromatic carbocycles. The Hall–Kier alpha value is 0.0700. The van der Waals surface area contributed by atoms with E-state index in [1.165, 1.54) is 10.3 Å². The van der Waals surface area contributed by atoms with Gasteiger partial charge in [0.25, 0.3) is 0 Å². The topological polar surface area (TPSA) is 17.1 Å². The summed E-state index contributed by atoms with van der Waals surface area (Å²) >= 11 is 0.554. The Morgan fingerprint density at radius 2 is 2.57 bits per heavy atom. The molecule has 0 fully saturated rings. The van der Waals surface area contributed by atoms with Crippen molar-refractivity contribution in [2.45, 2.75) is 0 Å². The molecule has 0 spiro atoms. The van der Waals surface area contributed by atoms with Crippen molar-refractivity contribution in [1.29, 1.82) is 0 Å². The van der Waals surface area contributed by atoms with Crippen molar-refractivity contribution in [3.05, 3.63) is 15.3 Å². The van der Waals surface area contributed by atoms with E-state index in [1.807, 2.05) is 11.4 Å². The molecule has 0 aliphatic carbocycles. The maximum absolute atomic E-state index is 9.93. The largest absolute Gasteiger partial charge is 0.211 e. The van der Waals surface area contributed by atoms with Crippen molar-refractivity contribution in [1.82, 2.24) is 0 Å². The van der Waals surface area contributed by atoms with Gasteiger partial charge in [0.15, 0.2) is 0 Å². The minimum atomic E-state index is 0.554. The van der Waals surface area contributed by atoms with Crippen LogP contribution in [0.25, 0.3) is 0 Å². The lowest BCUT2D eigenvalue weighted by molar-refractivity contribution is 0.700. The average Bonchev–Trinajstić information content (AvgIpc) is 2.14. The standard InChI is InChI=1S/C3H2OS3/c4-6-3-1-2-5-7-3/h1-2H. The van der Waals surface area contributed by atoms with E-state index in [1.54, 1.807) is 10.3 Å². The van der Waals surface area contributed by atoms with E-state index >= 15 is 0 Å². The van der Waals surface area contributed by atoms with E-state index in [9.17, 15) is 4.21 Å². The first-order valence-electron chi connectivity index (χ1n) is 1.60. The van der Waals surface area contributed by atoms with Crippen molar-refractivity contribution in [2.75, 3.05) is 0 Å². The summed E-state index contributed by atoms with van der Waals surface area (Å²) in [5, 5.41) is 1.91. The maximum Gasteiger partial charge on any atom is 0.131 e. The van der Waals surface area contributed by atoms with Gasteiger partial charge >= 0.3 is 0 Å². The molecular formula is C3H2OS3. The van der Waals surface area contributed by atoms with Crippen molar-refractivity contribution < 1.29 is 4.21 Å². The molecule has 1 nitrogen and oxygen atoms in total. The molecule has 0 amide bonds. The molecule has 38 valence electrons. The van der Waals surface area contributed by atoms with Crippen LogP contribution in [-0.2, 0) is 11.3 Å². The van der Waals surface area contributed by atoms with Gasteiger partial charge in [0.05, 0.1) is 0 Å². The van der Waals surface area contributed by atoms with Gasteiger partial charge in [-0.15, -0.1) is 0 Å². The summed E-state index contributed by atoms with van der Waals surface area (Å²) < 4.78 is 10.8. The third-order valence-electron chi connectivity index (χ3n) is 0.472. The monoisotopic (exact) mass is 150 g/mol. The summed E-state index contributed by atoms with van der Waals surface area (Å²) in [7, 11) is 3.10. The van der Waals surface area contributed by atoms with Gasteiger partial charge < -0.3 is 0 Å². The lowest BCUT2D eigenvalue weighted by atomic mass is 10.8. The molecule has 0 aliphatic rings. The Balaban J connectivity index is 3.50. The van der Waals surface area contributed by atoms with Crippen LogP contribution in [0.1, 0.15) is 0 Å². The molecule has 0 radical (unpaired) electrons. The second-order valence-electron chi connectivity index (χ2n) is 0.885. The summed E-state index contributed by atoms with van der Waals surface area (Å²) in [4.78, 5) is 0. The Kier molecular flexibility index (Phi) is 1.78. The summed E-state index contributed by atoms with van der Waals surface area (Å²) in [5.74, 6) is 0. The van der Waals surface area contributed by atoms with E-state index in [0.717, 1.165) is 3.82 Å². The Bertz CT molecular complexity index is 199. The fourth-order valence-corrected chi connectivity index (χ4v) is 2.49. The molecule has 0 bridgehead atoms. The zero-order valence-electron chi connectivity index (χ0n) is 3.29. The van der Waals surface area contributed by atoms with Gasteiger partial charge in [0.1, 0.15) is 15.1 Å². The zero-order chi connectivity index (χ0) is 5.11. The second-order valence-corrected chi connectivity index (χ2v) is 3.90. The van der Waals surface area contributed by atoms with Gasteiger partial charge in [-0.1, -0.05) is 20.7 Å². The molecule has 0 atom stereocenters. The summed E-state index contributed by atoms with van der Waals surface area (Å²) in [6.07, 6.45) is 0. The van der Waals surface area contributed by atoms with Crippen LogP contribution in [0.5, 0.6) is 0 Å². The van der Waals surface area contributed by atoms with Crippen molar-refractivity contribution >= 4 is 31.9 Å². The predicted octanol–water partition coefficient (Wildman–Crippen LogP) is 1.55. The van der Waals surface area contributed by atoms with Crippen LogP contribution in [0.3, 0.4) is 0 Å². The highest BCUT2D eigenvalue weighted by Crippen LogP contribution is 2.06. The van der Waals surface area contributed by atoms with Crippen molar-refractivity contribution in [2.24, 2.45) is 0 Å². The molecule has 1 rings (SSSR count). The van der Waals surface area contributed by atoms with Gasteiger partial charge in [-0.3, -0.25) is 0 Å². The molecule has 0 saturated heterocycles. The molecule has 1 aromatic heterocycles. The molecule has 0 saturated carbocycles. The van der Waals surface area contributed by atoms with Gasteiger partial charge in [-0.05, 0) is 6.07 Å². The first-order chi connectivity index (χ1) is 3.43. The number of rotatable bonds is 0. The SMILES string of the molecule is O=S=c1ccss1. The van der Waals surface area contributed by atoms with Crippen LogP contribution in [0.4, 0.5) is 0 Å². The highest BCUT2D eigenvalue weighted by atomic mass is 32.9. The minimum Gasteiger partial charge on any atom is -0.211 e. The lowest BCUT2D eigenvalue weighted by Gasteiger charge is -1.47. The smallest absolute Gasteiger partial charge is 0.131 e. The molecular weight excluding hydrogens is 148 g/mol. The van der Waals surface area contributed by atoms with Gasteiger partial charge in [-0.2, -0.15) is 0 Å². The lowest BCUT2D eigenvalue weighted by Crippen LogP contribution is -1.39. The fourth-order valence-electron chi connectivity index (χ4n) is 0.228. The number of hydrogen-bond donors (Lipinski definition) is 0. The van der Waals surface area contributed by atoms with Gasteiger partial charge in [0.2, 0.25) is 0 Å². The highest BCUT2D eigenvalue weighted by molar-refractivity contribution is 7.73. The molecule has 7 heavy (non-hydrogen) atoms. The van der Waals surface area contributed by atoms with Crippen LogP contribution < -0.4 is 0 Å². The predicted molar refractivity (Wildman–Crippen MR) is 33.6 cm³/mol. The Labute approximate surface area is 51.7 Å². The minimum absolute atomic E-state index is 0.554. The Morgan fingerprint density at radius 3 is 2.86 bits per heavy atom. The van der Waals surface area contributed by atoms with E-state index < -0.39 is 0 Å². The molecule has 0 unspecified atom stereocenters. The van der Waals surface area contributed by atoms with E-state index in [4.69, 9.17) is 0 Å². The van der Waals surface area contributed by atoms with Crippen LogP contribution >= 0.6 is 20.7 Å². The van der Waals surface area contributed by atoms with E-state index in [0.29, 0.717) is 11.3 Å². The summed E-state index contributed by atoms with van der Waals surface area (Å²) in [6.45, 7) is 0. The zero-order valence-corrected chi connectivity index (χ0v) is 5.74. The van der Waals surface area contributed by atoms with Crippen LogP contribution in [0, 0.1) is 3.82 Å². The van der Waals surface area contributed by atoms with E-state index in [2.05, 4.69) is 0 Å². The molecule has 0 N–H and O–H groups in total. The quantitative estimate of drug-likeness (QED) is 0.405. The van der Waals surface area contributed by atoms with Gasteiger partial charge in [-0.25, -0.2) is 4.21 Å². The first kappa shape index (κ1) is 5.21. The van der Waals surface area contributed by atoms with Crippen molar-refractivity contribution in [3.8, 4) is 0 Å². The maximum atomic E-state index is 9.93. The van der Waals surface area contributed by atoms with Crippen LogP contribution in [0.15, 0.2) is 11.4 Å². The average molecular weight is 150 g/mol. The van der Waals surface area contributed by atoms with Crippen molar-refractivity contribution in [3.63, 3.8) is 0 Å². The van der Waals surface area contributed by atoms with E-state index in [-0.39, 0.29) is 0 Å². The molecule has 0 aliphatic heterocycles. The summed E-state index contributed by atoms with van der Waals surface area (Å²) in [6, 6.07) is 1.83.